The van der Waals surface area contributed by atoms with E-state index in [0.29, 0.717) is 11.9 Å². The Morgan fingerprint density at radius 3 is 2.47 bits per heavy atom. The molecule has 1 atom stereocenters. The number of benzene rings is 1. The minimum absolute atomic E-state index is 0.226. The van der Waals surface area contributed by atoms with Crippen molar-refractivity contribution in [3.63, 3.8) is 0 Å². The first kappa shape index (κ1) is 12.7. The topological polar surface area (TPSA) is 20.3 Å². The molecule has 3 rings (SSSR count). The van der Waals surface area contributed by atoms with Gasteiger partial charge in [0.25, 0.3) is 0 Å². The van der Waals surface area contributed by atoms with Gasteiger partial charge in [-0.3, -0.25) is 4.79 Å². The summed E-state index contributed by atoms with van der Waals surface area (Å²) in [4.78, 5) is 14.7. The normalized spacial score (nSPS) is 24.9. The van der Waals surface area contributed by atoms with E-state index in [9.17, 15) is 4.79 Å². The summed E-state index contributed by atoms with van der Waals surface area (Å²) in [6.07, 6.45) is 8.38. The maximum absolute atomic E-state index is 12.5. The first-order valence-electron chi connectivity index (χ1n) is 7.69. The molecule has 2 fully saturated rings. The second kappa shape index (κ2) is 5.77. The van der Waals surface area contributed by atoms with Crippen LogP contribution in [0.1, 0.15) is 44.1 Å². The maximum Gasteiger partial charge on any atom is 0.226 e. The van der Waals surface area contributed by atoms with E-state index in [2.05, 4.69) is 29.2 Å². The largest absolute Gasteiger partial charge is 0.339 e. The maximum atomic E-state index is 12.5. The Balaban J connectivity index is 1.62. The molecule has 1 saturated carbocycles. The summed E-state index contributed by atoms with van der Waals surface area (Å²) in [7, 11) is 0. The lowest BCUT2D eigenvalue weighted by molar-refractivity contribution is -0.133. The Kier molecular flexibility index (Phi) is 3.86. The van der Waals surface area contributed by atoms with E-state index in [-0.39, 0.29) is 5.92 Å². The average Bonchev–Trinajstić information content (AvgIpc) is 2.82. The fraction of sp³-hybridized carbons (Fsp3) is 0.588. The van der Waals surface area contributed by atoms with Gasteiger partial charge >= 0.3 is 0 Å². The molecule has 0 spiro atoms. The molecule has 0 N–H and O–H groups in total. The number of rotatable bonds is 3. The van der Waals surface area contributed by atoms with Crippen molar-refractivity contribution in [3.05, 3.63) is 35.9 Å². The van der Waals surface area contributed by atoms with Gasteiger partial charge in [-0.2, -0.15) is 0 Å². The van der Waals surface area contributed by atoms with Gasteiger partial charge in [0.05, 0.1) is 0 Å². The highest BCUT2D eigenvalue weighted by Crippen LogP contribution is 2.30. The van der Waals surface area contributed by atoms with E-state index in [1.807, 2.05) is 6.07 Å². The van der Waals surface area contributed by atoms with E-state index >= 15 is 0 Å². The van der Waals surface area contributed by atoms with Crippen LogP contribution in [0, 0.1) is 5.92 Å². The summed E-state index contributed by atoms with van der Waals surface area (Å²) in [5.74, 6) is 0.639. The molecule has 102 valence electrons. The average molecular weight is 257 g/mol. The van der Waals surface area contributed by atoms with Gasteiger partial charge in [0, 0.05) is 18.5 Å². The van der Waals surface area contributed by atoms with Crippen molar-refractivity contribution in [1.29, 1.82) is 0 Å². The highest BCUT2D eigenvalue weighted by Gasteiger charge is 2.35. The third-order valence-corrected chi connectivity index (χ3v) is 4.69. The second-order valence-electron chi connectivity index (χ2n) is 6.00. The molecule has 1 aromatic rings. The van der Waals surface area contributed by atoms with Gasteiger partial charge in [0.2, 0.25) is 5.91 Å². The molecule has 2 heteroatoms. The van der Waals surface area contributed by atoms with E-state index in [0.717, 1.165) is 19.4 Å². The molecule has 1 aliphatic heterocycles. The molecule has 19 heavy (non-hydrogen) atoms. The highest BCUT2D eigenvalue weighted by atomic mass is 16.2. The minimum Gasteiger partial charge on any atom is -0.339 e. The summed E-state index contributed by atoms with van der Waals surface area (Å²) in [5, 5.41) is 0. The first-order valence-corrected chi connectivity index (χ1v) is 7.69. The summed E-state index contributed by atoms with van der Waals surface area (Å²) in [5.41, 5.74) is 1.30. The van der Waals surface area contributed by atoms with Crippen molar-refractivity contribution in [2.24, 2.45) is 5.92 Å². The van der Waals surface area contributed by atoms with Gasteiger partial charge in [-0.1, -0.05) is 49.6 Å². The Labute approximate surface area is 115 Å². The van der Waals surface area contributed by atoms with E-state index in [1.165, 1.54) is 37.7 Å². The van der Waals surface area contributed by atoms with Crippen LogP contribution in [0.4, 0.5) is 0 Å². The van der Waals surface area contributed by atoms with Crippen LogP contribution in [0.15, 0.2) is 30.3 Å². The fourth-order valence-corrected chi connectivity index (χ4v) is 3.61. The van der Waals surface area contributed by atoms with Crippen molar-refractivity contribution in [3.8, 4) is 0 Å². The zero-order chi connectivity index (χ0) is 13.1. The van der Waals surface area contributed by atoms with Crippen LogP contribution < -0.4 is 0 Å². The summed E-state index contributed by atoms with van der Waals surface area (Å²) in [6, 6.07) is 11.0. The van der Waals surface area contributed by atoms with Crippen molar-refractivity contribution in [2.75, 3.05) is 6.54 Å². The number of carbonyl (C=O) groups is 1. The molecule has 0 radical (unpaired) electrons. The van der Waals surface area contributed by atoms with E-state index in [1.54, 1.807) is 0 Å². The number of nitrogens with zero attached hydrogens (tertiary/aromatic N) is 1. The molecule has 0 unspecified atom stereocenters. The minimum atomic E-state index is 0.226. The Morgan fingerprint density at radius 1 is 1.00 bits per heavy atom. The van der Waals surface area contributed by atoms with Gasteiger partial charge in [-0.15, -0.1) is 0 Å². The number of amides is 1. The Morgan fingerprint density at radius 2 is 1.74 bits per heavy atom. The molecule has 2 nitrogen and oxygen atoms in total. The third-order valence-electron chi connectivity index (χ3n) is 4.69. The zero-order valence-electron chi connectivity index (χ0n) is 11.6. The molecule has 0 aromatic heterocycles. The SMILES string of the molecule is O=C1[C@@H](Cc2ccccc2)CCN1C1CCCCC1. The lowest BCUT2D eigenvalue weighted by atomic mass is 9.94. The van der Waals surface area contributed by atoms with Crippen LogP contribution in [-0.4, -0.2) is 23.4 Å². The highest BCUT2D eigenvalue weighted by molar-refractivity contribution is 5.81. The van der Waals surface area contributed by atoms with Crippen molar-refractivity contribution >= 4 is 5.91 Å². The Hall–Kier alpha value is -1.31. The smallest absolute Gasteiger partial charge is 0.226 e. The van der Waals surface area contributed by atoms with Gasteiger partial charge in [-0.05, 0) is 31.2 Å². The molecule has 1 saturated heterocycles. The van der Waals surface area contributed by atoms with Gasteiger partial charge in [0.15, 0.2) is 0 Å². The molecule has 1 aliphatic carbocycles. The Bertz CT molecular complexity index is 422. The van der Waals surface area contributed by atoms with Crippen LogP contribution in [0.3, 0.4) is 0 Å². The monoisotopic (exact) mass is 257 g/mol. The van der Waals surface area contributed by atoms with Crippen LogP contribution in [0.2, 0.25) is 0 Å². The third kappa shape index (κ3) is 2.83. The summed E-state index contributed by atoms with van der Waals surface area (Å²) < 4.78 is 0. The standard InChI is InChI=1S/C17H23NO/c19-17-15(13-14-7-3-1-4-8-14)11-12-18(17)16-9-5-2-6-10-16/h1,3-4,7-8,15-16H,2,5-6,9-13H2/t15-/m1/s1. The molecule has 2 aliphatic rings. The zero-order valence-corrected chi connectivity index (χ0v) is 11.6. The molecule has 1 aromatic carbocycles. The number of likely N-dealkylation sites (tertiary alicyclic amines) is 1. The van der Waals surface area contributed by atoms with Gasteiger partial charge in [0.1, 0.15) is 0 Å². The predicted molar refractivity (Wildman–Crippen MR) is 76.8 cm³/mol. The van der Waals surface area contributed by atoms with Gasteiger partial charge in [-0.25, -0.2) is 0 Å². The van der Waals surface area contributed by atoms with Gasteiger partial charge < -0.3 is 4.90 Å². The summed E-state index contributed by atoms with van der Waals surface area (Å²) in [6.45, 7) is 0.987. The number of hydrogen-bond donors (Lipinski definition) is 0. The van der Waals surface area contributed by atoms with Crippen LogP contribution in [-0.2, 0) is 11.2 Å². The van der Waals surface area contributed by atoms with Crippen molar-refractivity contribution in [1.82, 2.24) is 4.90 Å². The predicted octanol–water partition coefficient (Wildman–Crippen LogP) is 3.41. The fourth-order valence-electron chi connectivity index (χ4n) is 3.61. The number of carbonyl (C=O) groups excluding carboxylic acids is 1. The molecule has 0 bridgehead atoms. The first-order chi connectivity index (χ1) is 9.34. The summed E-state index contributed by atoms with van der Waals surface area (Å²) >= 11 is 0. The lowest BCUT2D eigenvalue weighted by Crippen LogP contribution is -2.39. The molecule has 1 heterocycles. The lowest BCUT2D eigenvalue weighted by Gasteiger charge is -2.31. The van der Waals surface area contributed by atoms with E-state index < -0.39 is 0 Å². The molecular weight excluding hydrogens is 234 g/mol. The number of hydrogen-bond acceptors (Lipinski definition) is 1. The van der Waals surface area contributed by atoms with Crippen LogP contribution in [0.25, 0.3) is 0 Å². The molecular formula is C17H23NO. The van der Waals surface area contributed by atoms with Crippen molar-refractivity contribution in [2.45, 2.75) is 51.0 Å². The second-order valence-corrected chi connectivity index (χ2v) is 6.00. The van der Waals surface area contributed by atoms with Crippen LogP contribution in [0.5, 0.6) is 0 Å². The van der Waals surface area contributed by atoms with E-state index in [4.69, 9.17) is 0 Å². The van der Waals surface area contributed by atoms with Crippen molar-refractivity contribution < 1.29 is 4.79 Å². The quantitative estimate of drug-likeness (QED) is 0.812. The molecule has 1 amide bonds. The van der Waals surface area contributed by atoms with Crippen LogP contribution >= 0.6 is 0 Å².